The molecule has 0 aromatic rings. The van der Waals surface area contributed by atoms with Gasteiger partial charge < -0.3 is 10.5 Å². The largest absolute Gasteiger partial charge is 0.380 e. The summed E-state index contributed by atoms with van der Waals surface area (Å²) in [7, 11) is -3.55. The fourth-order valence-corrected chi connectivity index (χ4v) is 1.00. The van der Waals surface area contributed by atoms with E-state index >= 15 is 0 Å². The minimum absolute atomic E-state index is 0.295. The molecule has 12 heavy (non-hydrogen) atoms. The van der Waals surface area contributed by atoms with Crippen LogP contribution < -0.4 is 15.6 Å². The lowest BCUT2D eigenvalue weighted by molar-refractivity contribution is 0.140. The molecule has 74 valence electrons. The van der Waals surface area contributed by atoms with E-state index in [0.717, 1.165) is 0 Å². The molecule has 0 saturated carbocycles. The van der Waals surface area contributed by atoms with E-state index in [0.29, 0.717) is 32.7 Å². The number of hydrogen-bond acceptors (Lipinski definition) is 4. The lowest BCUT2D eigenvalue weighted by Gasteiger charge is -2.02. The van der Waals surface area contributed by atoms with E-state index in [4.69, 9.17) is 10.5 Å². The van der Waals surface area contributed by atoms with Crippen LogP contribution in [0.3, 0.4) is 0 Å². The molecule has 0 aromatic carbocycles. The first-order valence-electron chi connectivity index (χ1n) is 3.61. The Morgan fingerprint density at radius 3 is 2.50 bits per heavy atom. The van der Waals surface area contributed by atoms with Crippen LogP contribution in [0.4, 0.5) is 0 Å². The molecule has 0 rings (SSSR count). The Hall–Kier alpha value is -0.210. The molecule has 0 atom stereocenters. The summed E-state index contributed by atoms with van der Waals surface area (Å²) in [5.41, 5.74) is 5.16. The van der Waals surface area contributed by atoms with Gasteiger partial charge in [0.1, 0.15) is 0 Å². The first-order valence-corrected chi connectivity index (χ1v) is 5.16. The normalized spacial score (nSPS) is 11.8. The van der Waals surface area contributed by atoms with Gasteiger partial charge in [0.15, 0.2) is 0 Å². The van der Waals surface area contributed by atoms with Crippen LogP contribution in [-0.2, 0) is 14.9 Å². The van der Waals surface area contributed by atoms with Gasteiger partial charge in [-0.2, -0.15) is 8.42 Å². The predicted octanol–water partition coefficient (Wildman–Crippen LogP) is -1.86. The summed E-state index contributed by atoms with van der Waals surface area (Å²) in [5.74, 6) is 0. The zero-order chi connectivity index (χ0) is 9.45. The second-order valence-electron chi connectivity index (χ2n) is 2.19. The number of nitrogens with one attached hydrogen (secondary N) is 1. The third-order valence-corrected chi connectivity index (χ3v) is 1.64. The molecule has 0 aromatic heterocycles. The monoisotopic (exact) mass is 197 g/mol. The summed E-state index contributed by atoms with van der Waals surface area (Å²) in [6.45, 7) is 1.75. The third-order valence-electron chi connectivity index (χ3n) is 1.03. The predicted molar refractivity (Wildman–Crippen MR) is 45.6 cm³/mol. The highest BCUT2D eigenvalue weighted by molar-refractivity contribution is 7.87. The van der Waals surface area contributed by atoms with Crippen LogP contribution >= 0.6 is 0 Å². The van der Waals surface area contributed by atoms with Crippen molar-refractivity contribution in [1.29, 1.82) is 0 Å². The molecule has 0 aliphatic rings. The van der Waals surface area contributed by atoms with Gasteiger partial charge in [-0.25, -0.2) is 9.86 Å². The van der Waals surface area contributed by atoms with Crippen LogP contribution in [0, 0.1) is 0 Å². The first kappa shape index (κ1) is 11.8. The highest BCUT2D eigenvalue weighted by atomic mass is 32.2. The van der Waals surface area contributed by atoms with Crippen LogP contribution in [0.15, 0.2) is 0 Å². The molecule has 0 aliphatic carbocycles. The fraction of sp³-hybridized carbons (Fsp3) is 1.00. The van der Waals surface area contributed by atoms with E-state index in [-0.39, 0.29) is 0 Å². The van der Waals surface area contributed by atoms with Gasteiger partial charge in [-0.1, -0.05) is 0 Å². The zero-order valence-electron chi connectivity index (χ0n) is 6.82. The van der Waals surface area contributed by atoms with Crippen molar-refractivity contribution in [1.82, 2.24) is 4.72 Å². The summed E-state index contributed by atoms with van der Waals surface area (Å²) >= 11 is 0. The van der Waals surface area contributed by atoms with Gasteiger partial charge in [0, 0.05) is 19.7 Å². The molecule has 0 unspecified atom stereocenters. The Kier molecular flexibility index (Phi) is 6.21. The molecule has 0 spiro atoms. The molecule has 0 fully saturated rings. The van der Waals surface area contributed by atoms with Gasteiger partial charge >= 0.3 is 0 Å². The second kappa shape index (κ2) is 6.32. The van der Waals surface area contributed by atoms with Crippen LogP contribution in [0.1, 0.15) is 6.42 Å². The van der Waals surface area contributed by atoms with Crippen molar-refractivity contribution in [2.45, 2.75) is 6.42 Å². The Morgan fingerprint density at radius 1 is 1.33 bits per heavy atom. The van der Waals surface area contributed by atoms with E-state index in [1.807, 2.05) is 0 Å². The summed E-state index contributed by atoms with van der Waals surface area (Å²) in [6, 6.07) is 0. The van der Waals surface area contributed by atoms with Crippen molar-refractivity contribution in [3.63, 3.8) is 0 Å². The van der Waals surface area contributed by atoms with E-state index in [1.165, 1.54) is 0 Å². The number of nitrogens with two attached hydrogens (primary N) is 2. The average molecular weight is 197 g/mol. The van der Waals surface area contributed by atoms with Gasteiger partial charge in [0.2, 0.25) is 0 Å². The molecule has 0 aliphatic heterocycles. The lowest BCUT2D eigenvalue weighted by Crippen LogP contribution is -2.32. The Bertz CT molecular complexity index is 192. The van der Waals surface area contributed by atoms with Gasteiger partial charge in [0.25, 0.3) is 10.2 Å². The SMILES string of the molecule is NCCOCCCNS(N)(=O)=O. The number of ether oxygens (including phenoxy) is 1. The minimum atomic E-state index is -3.55. The van der Waals surface area contributed by atoms with Crippen molar-refractivity contribution in [2.24, 2.45) is 10.9 Å². The maximum atomic E-state index is 10.3. The van der Waals surface area contributed by atoms with E-state index in [9.17, 15) is 8.42 Å². The standard InChI is InChI=1S/C5H15N3O3S/c6-2-5-11-4-1-3-8-12(7,9)10/h8H,1-6H2,(H2,7,9,10). The van der Waals surface area contributed by atoms with Crippen LogP contribution in [0.2, 0.25) is 0 Å². The molecular formula is C5H15N3O3S. The zero-order valence-corrected chi connectivity index (χ0v) is 7.64. The topological polar surface area (TPSA) is 107 Å². The van der Waals surface area contributed by atoms with E-state index < -0.39 is 10.2 Å². The summed E-state index contributed by atoms with van der Waals surface area (Å²) in [4.78, 5) is 0. The fourth-order valence-electron chi connectivity index (χ4n) is 0.574. The smallest absolute Gasteiger partial charge is 0.274 e. The van der Waals surface area contributed by atoms with E-state index in [2.05, 4.69) is 9.86 Å². The van der Waals surface area contributed by atoms with Crippen molar-refractivity contribution < 1.29 is 13.2 Å². The van der Waals surface area contributed by atoms with Gasteiger partial charge in [0.05, 0.1) is 6.61 Å². The highest BCUT2D eigenvalue weighted by Gasteiger charge is 1.98. The molecule has 0 amide bonds. The molecule has 0 bridgehead atoms. The molecule has 0 radical (unpaired) electrons. The summed E-state index contributed by atoms with van der Waals surface area (Å²) in [5, 5.41) is 4.68. The highest BCUT2D eigenvalue weighted by Crippen LogP contribution is 1.80. The minimum Gasteiger partial charge on any atom is -0.380 e. The quantitative estimate of drug-likeness (QED) is 0.416. The van der Waals surface area contributed by atoms with Gasteiger partial charge in [-0.05, 0) is 6.42 Å². The summed E-state index contributed by atoms with van der Waals surface area (Å²) < 4.78 is 27.8. The molecule has 0 heterocycles. The molecule has 7 heteroatoms. The van der Waals surface area contributed by atoms with Gasteiger partial charge in [-0.15, -0.1) is 0 Å². The van der Waals surface area contributed by atoms with Crippen LogP contribution in [0.25, 0.3) is 0 Å². The first-order chi connectivity index (χ1) is 5.56. The van der Waals surface area contributed by atoms with Gasteiger partial charge in [-0.3, -0.25) is 0 Å². The Labute approximate surface area is 72.4 Å². The lowest BCUT2D eigenvalue weighted by atomic mass is 10.5. The average Bonchev–Trinajstić information content (AvgIpc) is 1.94. The van der Waals surface area contributed by atoms with E-state index in [1.54, 1.807) is 0 Å². The Balaban J connectivity index is 3.12. The number of hydrogen-bond donors (Lipinski definition) is 3. The maximum absolute atomic E-state index is 10.3. The number of rotatable bonds is 7. The third kappa shape index (κ3) is 9.79. The molecule has 0 saturated heterocycles. The van der Waals surface area contributed by atoms with Crippen molar-refractivity contribution in [2.75, 3.05) is 26.3 Å². The summed E-state index contributed by atoms with van der Waals surface area (Å²) in [6.07, 6.45) is 0.594. The van der Waals surface area contributed by atoms with Crippen molar-refractivity contribution >= 4 is 10.2 Å². The molecule has 6 nitrogen and oxygen atoms in total. The van der Waals surface area contributed by atoms with Crippen LogP contribution in [0.5, 0.6) is 0 Å². The van der Waals surface area contributed by atoms with Crippen molar-refractivity contribution in [3.8, 4) is 0 Å². The second-order valence-corrected chi connectivity index (χ2v) is 3.57. The molecular weight excluding hydrogens is 182 g/mol. The van der Waals surface area contributed by atoms with Crippen molar-refractivity contribution in [3.05, 3.63) is 0 Å². The maximum Gasteiger partial charge on any atom is 0.274 e. The Morgan fingerprint density at radius 2 is 2.00 bits per heavy atom. The van der Waals surface area contributed by atoms with Crippen LogP contribution in [-0.4, -0.2) is 34.7 Å². The molecule has 5 N–H and O–H groups in total.